The average Bonchev–Trinajstić information content (AvgIpc) is 3.14. The topological polar surface area (TPSA) is 49.4 Å². The number of nitrogens with zero attached hydrogens (tertiary/aromatic N) is 1. The van der Waals surface area contributed by atoms with Crippen molar-refractivity contribution in [3.8, 4) is 0 Å². The summed E-state index contributed by atoms with van der Waals surface area (Å²) in [6.07, 6.45) is 2.07. The Morgan fingerprint density at radius 3 is 2.59 bits per heavy atom. The zero-order chi connectivity index (χ0) is 19.4. The molecule has 1 fully saturated rings. The molecule has 1 unspecified atom stereocenters. The van der Waals surface area contributed by atoms with Crippen LogP contribution in [0.15, 0.2) is 51.4 Å². The highest BCUT2D eigenvalue weighted by atomic mass is 79.9. The summed E-state index contributed by atoms with van der Waals surface area (Å²) in [6, 6.07) is 11.5. The fourth-order valence-electron chi connectivity index (χ4n) is 3.18. The first-order valence-electron chi connectivity index (χ1n) is 8.74. The Balaban J connectivity index is 1.57. The van der Waals surface area contributed by atoms with Crippen LogP contribution in [0, 0.1) is 5.82 Å². The van der Waals surface area contributed by atoms with E-state index in [1.54, 1.807) is 29.2 Å². The maximum Gasteiger partial charge on any atom is 0.254 e. The van der Waals surface area contributed by atoms with Crippen LogP contribution in [0.3, 0.4) is 0 Å². The molecule has 1 aliphatic rings. The van der Waals surface area contributed by atoms with Crippen molar-refractivity contribution in [1.82, 2.24) is 10.2 Å². The number of carbonyl (C=O) groups is 2. The lowest BCUT2D eigenvalue weighted by Crippen LogP contribution is -2.46. The van der Waals surface area contributed by atoms with Crippen molar-refractivity contribution in [3.63, 3.8) is 0 Å². The van der Waals surface area contributed by atoms with E-state index in [1.807, 2.05) is 12.1 Å². The maximum atomic E-state index is 13.3. The van der Waals surface area contributed by atoms with Crippen LogP contribution in [0.25, 0.3) is 0 Å². The minimum absolute atomic E-state index is 0.123. The number of likely N-dealkylation sites (tertiary alicyclic amines) is 1. The smallest absolute Gasteiger partial charge is 0.254 e. The van der Waals surface area contributed by atoms with Crippen molar-refractivity contribution in [1.29, 1.82) is 0 Å². The summed E-state index contributed by atoms with van der Waals surface area (Å²) in [6.45, 7) is 1.02. The van der Waals surface area contributed by atoms with Crippen molar-refractivity contribution in [2.45, 2.75) is 25.3 Å². The van der Waals surface area contributed by atoms with E-state index in [0.29, 0.717) is 36.0 Å². The van der Waals surface area contributed by atoms with Gasteiger partial charge >= 0.3 is 0 Å². The molecular weight excluding hydrogens is 479 g/mol. The van der Waals surface area contributed by atoms with Gasteiger partial charge in [-0.25, -0.2) is 4.39 Å². The first-order chi connectivity index (χ1) is 13.0. The quantitative estimate of drug-likeness (QED) is 0.669. The van der Waals surface area contributed by atoms with Crippen molar-refractivity contribution >= 4 is 43.7 Å². The molecule has 2 aromatic rings. The summed E-state index contributed by atoms with van der Waals surface area (Å²) < 4.78 is 14.6. The number of halogens is 3. The van der Waals surface area contributed by atoms with Crippen molar-refractivity contribution < 1.29 is 14.0 Å². The lowest BCUT2D eigenvalue weighted by molar-refractivity contribution is -0.124. The second kappa shape index (κ2) is 8.97. The van der Waals surface area contributed by atoms with Gasteiger partial charge in [0.1, 0.15) is 11.9 Å². The van der Waals surface area contributed by atoms with Crippen molar-refractivity contribution in [3.05, 3.63) is 68.4 Å². The van der Waals surface area contributed by atoms with Gasteiger partial charge in [0.05, 0.1) is 4.47 Å². The molecule has 1 aliphatic heterocycles. The number of amides is 2. The average molecular weight is 498 g/mol. The minimum atomic E-state index is -0.443. The summed E-state index contributed by atoms with van der Waals surface area (Å²) in [4.78, 5) is 26.9. The molecule has 0 aliphatic carbocycles. The highest BCUT2D eigenvalue weighted by Gasteiger charge is 2.34. The standard InChI is InChI=1S/C20H19Br2FN2O2/c21-15-6-4-14(5-7-15)20(27)25-11-1-2-18(25)19(26)24-10-9-13-3-8-17(23)16(22)12-13/h3-8,12,18H,1-2,9-11H2,(H,24,26). The molecule has 0 radical (unpaired) electrons. The van der Waals surface area contributed by atoms with E-state index in [0.717, 1.165) is 16.5 Å². The summed E-state index contributed by atoms with van der Waals surface area (Å²) >= 11 is 6.52. The summed E-state index contributed by atoms with van der Waals surface area (Å²) in [5.74, 6) is -0.572. The summed E-state index contributed by atoms with van der Waals surface area (Å²) in [5, 5.41) is 2.90. The fraction of sp³-hybridized carbons (Fsp3) is 0.300. The van der Waals surface area contributed by atoms with Gasteiger partial charge in [0.2, 0.25) is 5.91 Å². The third kappa shape index (κ3) is 4.96. The molecule has 0 bridgehead atoms. The largest absolute Gasteiger partial charge is 0.354 e. The Kier molecular flexibility index (Phi) is 6.65. The van der Waals surface area contributed by atoms with Gasteiger partial charge in [-0.1, -0.05) is 22.0 Å². The molecule has 0 saturated carbocycles. The SMILES string of the molecule is O=C(NCCc1ccc(F)c(Br)c1)C1CCCN1C(=O)c1ccc(Br)cc1. The number of rotatable bonds is 5. The number of nitrogens with one attached hydrogen (secondary N) is 1. The zero-order valence-corrected chi connectivity index (χ0v) is 17.7. The molecule has 0 aromatic heterocycles. The monoisotopic (exact) mass is 496 g/mol. The lowest BCUT2D eigenvalue weighted by Gasteiger charge is -2.24. The van der Waals surface area contributed by atoms with Crippen molar-refractivity contribution in [2.24, 2.45) is 0 Å². The van der Waals surface area contributed by atoms with Crippen LogP contribution >= 0.6 is 31.9 Å². The minimum Gasteiger partial charge on any atom is -0.354 e. The first kappa shape index (κ1) is 20.0. The Labute approximate surface area is 174 Å². The third-order valence-corrected chi connectivity index (χ3v) is 5.74. The Morgan fingerprint density at radius 1 is 1.15 bits per heavy atom. The number of hydrogen-bond acceptors (Lipinski definition) is 2. The van der Waals surface area contributed by atoms with E-state index in [1.165, 1.54) is 6.07 Å². The molecular formula is C20H19Br2FN2O2. The van der Waals surface area contributed by atoms with Crippen LogP contribution in [0.4, 0.5) is 4.39 Å². The predicted octanol–water partition coefficient (Wildman–Crippen LogP) is 4.31. The van der Waals surface area contributed by atoms with Crippen LogP contribution in [0.2, 0.25) is 0 Å². The molecule has 1 N–H and O–H groups in total. The second-order valence-corrected chi connectivity index (χ2v) is 8.22. The van der Waals surface area contributed by atoms with E-state index >= 15 is 0 Å². The molecule has 0 spiro atoms. The van der Waals surface area contributed by atoms with Crippen LogP contribution < -0.4 is 5.32 Å². The normalized spacial score (nSPS) is 16.4. The maximum absolute atomic E-state index is 13.3. The molecule has 1 saturated heterocycles. The van der Waals surface area contributed by atoms with E-state index < -0.39 is 6.04 Å². The molecule has 3 rings (SSSR count). The van der Waals surface area contributed by atoms with Crippen LogP contribution in [-0.2, 0) is 11.2 Å². The third-order valence-electron chi connectivity index (χ3n) is 4.60. The van der Waals surface area contributed by atoms with Gasteiger partial charge in [0.25, 0.3) is 5.91 Å². The highest BCUT2D eigenvalue weighted by Crippen LogP contribution is 2.21. The van der Waals surface area contributed by atoms with E-state index in [-0.39, 0.29) is 17.6 Å². The number of carbonyl (C=O) groups excluding carboxylic acids is 2. The van der Waals surface area contributed by atoms with Crippen LogP contribution in [-0.4, -0.2) is 35.8 Å². The molecule has 2 aromatic carbocycles. The number of hydrogen-bond donors (Lipinski definition) is 1. The molecule has 1 atom stereocenters. The molecule has 2 amide bonds. The molecule has 142 valence electrons. The Hall–Kier alpha value is -1.73. The van der Waals surface area contributed by atoms with Crippen molar-refractivity contribution in [2.75, 3.05) is 13.1 Å². The molecule has 1 heterocycles. The van der Waals surface area contributed by atoms with Gasteiger partial charge in [0, 0.05) is 23.1 Å². The van der Waals surface area contributed by atoms with Crippen LogP contribution in [0.1, 0.15) is 28.8 Å². The first-order valence-corrected chi connectivity index (χ1v) is 10.3. The van der Waals surface area contributed by atoms with E-state index in [4.69, 9.17) is 0 Å². The highest BCUT2D eigenvalue weighted by molar-refractivity contribution is 9.10. The summed E-state index contributed by atoms with van der Waals surface area (Å²) in [7, 11) is 0. The Bertz CT molecular complexity index is 842. The van der Waals surface area contributed by atoms with Crippen LogP contribution in [0.5, 0.6) is 0 Å². The van der Waals surface area contributed by atoms with Gasteiger partial charge in [-0.15, -0.1) is 0 Å². The second-order valence-electron chi connectivity index (χ2n) is 6.45. The molecule has 4 nitrogen and oxygen atoms in total. The van der Waals surface area contributed by atoms with Gasteiger partial charge in [-0.05, 0) is 77.2 Å². The zero-order valence-electron chi connectivity index (χ0n) is 14.6. The Morgan fingerprint density at radius 2 is 1.89 bits per heavy atom. The molecule has 7 heteroatoms. The van der Waals surface area contributed by atoms with Gasteiger partial charge in [-0.2, -0.15) is 0 Å². The predicted molar refractivity (Wildman–Crippen MR) is 109 cm³/mol. The summed E-state index contributed by atoms with van der Waals surface area (Å²) in [5.41, 5.74) is 1.51. The van der Waals surface area contributed by atoms with Gasteiger partial charge < -0.3 is 10.2 Å². The fourth-order valence-corrected chi connectivity index (χ4v) is 3.87. The lowest BCUT2D eigenvalue weighted by atomic mass is 10.1. The van der Waals surface area contributed by atoms with E-state index in [9.17, 15) is 14.0 Å². The molecule has 27 heavy (non-hydrogen) atoms. The van der Waals surface area contributed by atoms with Gasteiger partial charge in [-0.3, -0.25) is 9.59 Å². The number of benzene rings is 2. The van der Waals surface area contributed by atoms with E-state index in [2.05, 4.69) is 37.2 Å². The van der Waals surface area contributed by atoms with Gasteiger partial charge in [0.15, 0.2) is 0 Å².